The highest BCUT2D eigenvalue weighted by molar-refractivity contribution is 7.87. The predicted octanol–water partition coefficient (Wildman–Crippen LogP) is 1.55. The fourth-order valence-corrected chi connectivity index (χ4v) is 0. The van der Waals surface area contributed by atoms with Crippen molar-refractivity contribution in [2.75, 3.05) is 0 Å². The molecule has 0 rings (SSSR count). The summed E-state index contributed by atoms with van der Waals surface area (Å²) >= 11 is 4.71. The van der Waals surface area contributed by atoms with Gasteiger partial charge in [-0.3, -0.25) is 4.57 Å². The van der Waals surface area contributed by atoms with Crippen LogP contribution in [0.15, 0.2) is 12.4 Å². The minimum atomic E-state index is -3.41. The van der Waals surface area contributed by atoms with Gasteiger partial charge in [0.2, 0.25) is 0 Å². The quantitative estimate of drug-likeness (QED) is 0.542. The van der Waals surface area contributed by atoms with Crippen LogP contribution >= 0.6 is 18.0 Å². The SMILES string of the molecule is C=CP(=O)(O)Cl. The molecule has 0 spiro atoms. The average Bonchev–Trinajstić information content (AvgIpc) is 1.35. The second kappa shape index (κ2) is 1.78. The molecule has 0 heterocycles. The van der Waals surface area contributed by atoms with Gasteiger partial charge < -0.3 is 4.89 Å². The molecule has 0 aliphatic carbocycles. The van der Waals surface area contributed by atoms with E-state index >= 15 is 0 Å². The Morgan fingerprint density at radius 2 is 2.17 bits per heavy atom. The molecule has 0 saturated heterocycles. The first kappa shape index (κ1) is 6.22. The first-order valence-electron chi connectivity index (χ1n) is 1.22. The fraction of sp³-hybridized carbons (Fsp3) is 0. The molecule has 1 N–H and O–H groups in total. The Morgan fingerprint density at radius 3 is 2.17 bits per heavy atom. The van der Waals surface area contributed by atoms with E-state index in [2.05, 4.69) is 6.58 Å². The molecule has 0 aromatic rings. The number of hydrogen-bond acceptors (Lipinski definition) is 1. The summed E-state index contributed by atoms with van der Waals surface area (Å²) < 4.78 is 9.79. The third-order valence-electron chi connectivity index (χ3n) is 0.225. The van der Waals surface area contributed by atoms with E-state index in [0.29, 0.717) is 0 Å². The van der Waals surface area contributed by atoms with Crippen LogP contribution in [-0.2, 0) is 4.57 Å². The molecular weight excluding hydrogens is 122 g/mol. The molecule has 0 aromatic heterocycles. The van der Waals surface area contributed by atoms with E-state index in [1.54, 1.807) is 0 Å². The van der Waals surface area contributed by atoms with E-state index in [4.69, 9.17) is 16.1 Å². The predicted molar refractivity (Wildman–Crippen MR) is 25.9 cm³/mol. The topological polar surface area (TPSA) is 37.3 Å². The Hall–Kier alpha value is 0.220. The van der Waals surface area contributed by atoms with Gasteiger partial charge >= 0.3 is 6.72 Å². The highest BCUT2D eigenvalue weighted by Crippen LogP contribution is 2.46. The first-order chi connectivity index (χ1) is 2.56. The van der Waals surface area contributed by atoms with Crippen molar-refractivity contribution in [2.24, 2.45) is 0 Å². The summed E-state index contributed by atoms with van der Waals surface area (Å²) in [4.78, 5) is 8.03. The lowest BCUT2D eigenvalue weighted by atomic mass is 11.3. The van der Waals surface area contributed by atoms with E-state index in [-0.39, 0.29) is 0 Å². The lowest BCUT2D eigenvalue weighted by Crippen LogP contribution is -1.51. The molecule has 0 aliphatic heterocycles. The van der Waals surface area contributed by atoms with Gasteiger partial charge in [0.15, 0.2) is 0 Å². The summed E-state index contributed by atoms with van der Waals surface area (Å²) in [7, 11) is 0. The third kappa shape index (κ3) is 4.22. The summed E-state index contributed by atoms with van der Waals surface area (Å²) in [6, 6.07) is 0. The van der Waals surface area contributed by atoms with E-state index in [1.165, 1.54) is 0 Å². The smallest absolute Gasteiger partial charge is 0.309 e. The molecule has 0 amide bonds. The van der Waals surface area contributed by atoms with Crippen molar-refractivity contribution >= 4 is 18.0 Å². The molecule has 6 heavy (non-hydrogen) atoms. The number of hydrogen-bond donors (Lipinski definition) is 1. The van der Waals surface area contributed by atoms with Crippen LogP contribution in [0.1, 0.15) is 0 Å². The molecule has 2 nitrogen and oxygen atoms in total. The lowest BCUT2D eigenvalue weighted by Gasteiger charge is -1.85. The van der Waals surface area contributed by atoms with Crippen LogP contribution in [0.2, 0.25) is 0 Å². The maximum atomic E-state index is 9.79. The summed E-state index contributed by atoms with van der Waals surface area (Å²) in [5, 5.41) is 0. The van der Waals surface area contributed by atoms with Gasteiger partial charge in [0, 0.05) is 5.82 Å². The Kier molecular flexibility index (Phi) is 1.85. The van der Waals surface area contributed by atoms with Gasteiger partial charge in [-0.2, -0.15) is 0 Å². The van der Waals surface area contributed by atoms with E-state index in [0.717, 1.165) is 5.82 Å². The van der Waals surface area contributed by atoms with Gasteiger partial charge in [0.05, 0.1) is 0 Å². The summed E-state index contributed by atoms with van der Waals surface area (Å²) in [6.07, 6.45) is 0. The summed E-state index contributed by atoms with van der Waals surface area (Å²) in [6.45, 7) is -0.424. The van der Waals surface area contributed by atoms with Gasteiger partial charge in [-0.15, -0.1) is 0 Å². The van der Waals surface area contributed by atoms with Crippen LogP contribution in [-0.4, -0.2) is 4.89 Å². The van der Waals surface area contributed by atoms with Crippen molar-refractivity contribution in [3.8, 4) is 0 Å². The second-order valence-electron chi connectivity index (χ2n) is 0.727. The second-order valence-corrected chi connectivity index (χ2v) is 3.64. The number of rotatable bonds is 1. The van der Waals surface area contributed by atoms with E-state index in [9.17, 15) is 4.57 Å². The molecule has 0 radical (unpaired) electrons. The van der Waals surface area contributed by atoms with Gasteiger partial charge in [-0.1, -0.05) is 6.58 Å². The highest BCUT2D eigenvalue weighted by atomic mass is 35.7. The van der Waals surface area contributed by atoms with Gasteiger partial charge in [0.25, 0.3) is 0 Å². The Labute approximate surface area is 40.7 Å². The van der Waals surface area contributed by atoms with E-state index < -0.39 is 6.72 Å². The Bertz CT molecular complexity index is 93.7. The summed E-state index contributed by atoms with van der Waals surface area (Å²) in [5.41, 5.74) is 0. The van der Waals surface area contributed by atoms with Crippen molar-refractivity contribution in [1.29, 1.82) is 0 Å². The van der Waals surface area contributed by atoms with Crippen LogP contribution in [0.5, 0.6) is 0 Å². The van der Waals surface area contributed by atoms with Gasteiger partial charge in [0.1, 0.15) is 0 Å². The van der Waals surface area contributed by atoms with Crippen LogP contribution in [0.3, 0.4) is 0 Å². The first-order valence-corrected chi connectivity index (χ1v) is 3.85. The van der Waals surface area contributed by atoms with E-state index in [1.807, 2.05) is 0 Å². The largest absolute Gasteiger partial charge is 0.330 e. The zero-order valence-corrected chi connectivity index (χ0v) is 4.62. The molecule has 0 saturated carbocycles. The van der Waals surface area contributed by atoms with Gasteiger partial charge in [-0.25, -0.2) is 0 Å². The molecule has 0 fully saturated rings. The minimum Gasteiger partial charge on any atom is -0.330 e. The molecule has 1 unspecified atom stereocenters. The molecule has 0 aliphatic rings. The fourth-order valence-electron chi connectivity index (χ4n) is 0. The normalized spacial score (nSPS) is 19.0. The lowest BCUT2D eigenvalue weighted by molar-refractivity contribution is 0.506. The maximum absolute atomic E-state index is 9.79. The van der Waals surface area contributed by atoms with Crippen molar-refractivity contribution in [3.63, 3.8) is 0 Å². The van der Waals surface area contributed by atoms with Gasteiger partial charge in [-0.05, 0) is 11.2 Å². The number of halogens is 1. The molecule has 4 heteroatoms. The highest BCUT2D eigenvalue weighted by Gasteiger charge is 2.01. The van der Waals surface area contributed by atoms with Crippen molar-refractivity contribution in [3.05, 3.63) is 12.4 Å². The molecular formula is C2H4ClO2P. The Balaban J connectivity index is 3.81. The average molecular weight is 126 g/mol. The van der Waals surface area contributed by atoms with Crippen LogP contribution in [0.25, 0.3) is 0 Å². The Morgan fingerprint density at radius 1 is 2.00 bits per heavy atom. The van der Waals surface area contributed by atoms with Crippen LogP contribution < -0.4 is 0 Å². The zero-order valence-electron chi connectivity index (χ0n) is 2.97. The van der Waals surface area contributed by atoms with Crippen LogP contribution in [0.4, 0.5) is 0 Å². The molecule has 0 aromatic carbocycles. The van der Waals surface area contributed by atoms with Crippen LogP contribution in [0, 0.1) is 0 Å². The molecule has 0 bridgehead atoms. The zero-order chi connectivity index (χ0) is 5.21. The minimum absolute atomic E-state index is 0.814. The standard InChI is InChI=1S/C2H4ClO2P/c1-2-6(3,4)5/h2H,1H2,(H,4,5). The molecule has 1 atom stereocenters. The van der Waals surface area contributed by atoms with Crippen molar-refractivity contribution in [1.82, 2.24) is 0 Å². The monoisotopic (exact) mass is 126 g/mol. The van der Waals surface area contributed by atoms with Crippen molar-refractivity contribution in [2.45, 2.75) is 0 Å². The summed E-state index contributed by atoms with van der Waals surface area (Å²) in [5.74, 6) is 0.814. The molecule has 36 valence electrons. The third-order valence-corrected chi connectivity index (χ3v) is 1.09. The van der Waals surface area contributed by atoms with Crippen molar-refractivity contribution < 1.29 is 9.46 Å². The maximum Gasteiger partial charge on any atom is 0.309 e.